The van der Waals surface area contributed by atoms with Gasteiger partial charge < -0.3 is 0 Å². The summed E-state index contributed by atoms with van der Waals surface area (Å²) in [4.78, 5) is 4.84. The summed E-state index contributed by atoms with van der Waals surface area (Å²) in [6.45, 7) is 4.76. The fraction of sp³-hybridized carbons (Fsp3) is 0.933. The van der Waals surface area contributed by atoms with Crippen molar-refractivity contribution < 1.29 is 0 Å². The van der Waals surface area contributed by atoms with Crippen molar-refractivity contribution in [3.05, 3.63) is 0 Å². The number of hydrogen-bond acceptors (Lipinski definition) is 1. The Bertz CT molecular complexity index is 194. The van der Waals surface area contributed by atoms with E-state index in [9.17, 15) is 0 Å². The summed E-state index contributed by atoms with van der Waals surface area (Å²) in [5.74, 6) is 2.71. The molecule has 0 aromatic rings. The molecule has 0 unspecified atom stereocenters. The van der Waals surface area contributed by atoms with Crippen LogP contribution in [-0.2, 0) is 0 Å². The second-order valence-corrected chi connectivity index (χ2v) is 6.23. The first-order chi connectivity index (χ1) is 7.74. The minimum atomic E-state index is 0.663. The summed E-state index contributed by atoms with van der Waals surface area (Å²) in [5.41, 5.74) is 0. The third-order valence-electron chi connectivity index (χ3n) is 4.55. The van der Waals surface area contributed by atoms with Gasteiger partial charge in [0.2, 0.25) is 0 Å². The van der Waals surface area contributed by atoms with Gasteiger partial charge in [0.1, 0.15) is 0 Å². The van der Waals surface area contributed by atoms with Crippen molar-refractivity contribution >= 4 is 6.21 Å². The highest BCUT2D eigenvalue weighted by Gasteiger charge is 2.19. The lowest BCUT2D eigenvalue weighted by molar-refractivity contribution is 0.337. The maximum Gasteiger partial charge on any atom is 0.0496 e. The highest BCUT2D eigenvalue weighted by molar-refractivity contribution is 5.61. The second kappa shape index (κ2) is 5.84. The molecule has 0 aromatic heterocycles. The van der Waals surface area contributed by atoms with E-state index in [-0.39, 0.29) is 0 Å². The summed E-state index contributed by atoms with van der Waals surface area (Å²) in [6, 6.07) is 0.663. The predicted octanol–water partition coefficient (Wildman–Crippen LogP) is 4.46. The zero-order valence-corrected chi connectivity index (χ0v) is 11.0. The summed E-state index contributed by atoms with van der Waals surface area (Å²) in [5, 5.41) is 0. The van der Waals surface area contributed by atoms with Crippen molar-refractivity contribution in [1.29, 1.82) is 0 Å². The maximum absolute atomic E-state index is 4.84. The van der Waals surface area contributed by atoms with E-state index < -0.39 is 0 Å². The lowest BCUT2D eigenvalue weighted by atomic mass is 9.83. The number of nitrogens with zero attached hydrogens (tertiary/aromatic N) is 1. The van der Waals surface area contributed by atoms with Crippen LogP contribution in [0.15, 0.2) is 4.99 Å². The minimum absolute atomic E-state index is 0.663. The van der Waals surface area contributed by atoms with Crippen LogP contribution in [0.5, 0.6) is 0 Å². The summed E-state index contributed by atoms with van der Waals surface area (Å²) < 4.78 is 0. The van der Waals surface area contributed by atoms with E-state index in [4.69, 9.17) is 4.99 Å². The van der Waals surface area contributed by atoms with E-state index >= 15 is 0 Å². The molecule has 2 aliphatic rings. The predicted molar refractivity (Wildman–Crippen MR) is 71.0 cm³/mol. The van der Waals surface area contributed by atoms with Gasteiger partial charge >= 0.3 is 0 Å². The Balaban J connectivity index is 1.72. The van der Waals surface area contributed by atoms with Gasteiger partial charge in [-0.05, 0) is 56.3 Å². The maximum atomic E-state index is 4.84. The Kier molecular flexibility index (Phi) is 4.43. The van der Waals surface area contributed by atoms with Gasteiger partial charge in [0, 0.05) is 12.3 Å². The first-order valence-electron chi connectivity index (χ1n) is 7.27. The molecule has 2 saturated carbocycles. The van der Waals surface area contributed by atoms with Crippen molar-refractivity contribution in [3.63, 3.8) is 0 Å². The first kappa shape index (κ1) is 12.1. The molecule has 2 rings (SSSR count). The fourth-order valence-corrected chi connectivity index (χ4v) is 3.07. The van der Waals surface area contributed by atoms with Crippen LogP contribution in [0.2, 0.25) is 0 Å². The molecule has 92 valence electrons. The molecule has 0 spiro atoms. The van der Waals surface area contributed by atoms with Crippen molar-refractivity contribution in [2.75, 3.05) is 0 Å². The Hall–Kier alpha value is -0.330. The number of rotatable bonds is 2. The van der Waals surface area contributed by atoms with Crippen LogP contribution in [-0.4, -0.2) is 12.3 Å². The van der Waals surface area contributed by atoms with Crippen LogP contribution in [0.1, 0.15) is 65.2 Å². The van der Waals surface area contributed by atoms with Gasteiger partial charge in [-0.1, -0.05) is 26.7 Å². The molecule has 1 nitrogen and oxygen atoms in total. The average molecular weight is 221 g/mol. The largest absolute Gasteiger partial charge is 0.294 e. The van der Waals surface area contributed by atoms with Crippen LogP contribution in [0.3, 0.4) is 0 Å². The third-order valence-corrected chi connectivity index (χ3v) is 4.55. The van der Waals surface area contributed by atoms with Gasteiger partial charge in [-0.3, -0.25) is 4.99 Å². The molecule has 2 fully saturated rings. The standard InChI is InChI=1S/C15H27N/c1-12-3-7-14(8-4-12)11-16-15-9-5-13(2)6-10-15/h11-15H,3-10H2,1-2H3. The minimum Gasteiger partial charge on any atom is -0.294 e. The zero-order chi connectivity index (χ0) is 11.4. The lowest BCUT2D eigenvalue weighted by Crippen LogP contribution is -2.18. The number of hydrogen-bond donors (Lipinski definition) is 0. The second-order valence-electron chi connectivity index (χ2n) is 6.23. The fourth-order valence-electron chi connectivity index (χ4n) is 3.07. The molecular formula is C15H27N. The highest BCUT2D eigenvalue weighted by atomic mass is 14.8. The summed E-state index contributed by atoms with van der Waals surface area (Å²) in [7, 11) is 0. The normalized spacial score (nSPS) is 41.4. The summed E-state index contributed by atoms with van der Waals surface area (Å²) in [6.07, 6.45) is 13.4. The van der Waals surface area contributed by atoms with Gasteiger partial charge in [-0.2, -0.15) is 0 Å². The lowest BCUT2D eigenvalue weighted by Gasteiger charge is -2.25. The topological polar surface area (TPSA) is 12.4 Å². The van der Waals surface area contributed by atoms with Crippen LogP contribution < -0.4 is 0 Å². The van der Waals surface area contributed by atoms with E-state index in [1.807, 2.05) is 0 Å². The van der Waals surface area contributed by atoms with Gasteiger partial charge in [0.05, 0.1) is 0 Å². The van der Waals surface area contributed by atoms with E-state index in [0.29, 0.717) is 6.04 Å². The number of aliphatic imine (C=N–C) groups is 1. The van der Waals surface area contributed by atoms with E-state index in [1.54, 1.807) is 0 Å². The third kappa shape index (κ3) is 3.61. The molecule has 0 amide bonds. The SMILES string of the molecule is CC1CCC(C=NC2CCC(C)CC2)CC1. The van der Waals surface area contributed by atoms with Crippen molar-refractivity contribution in [3.8, 4) is 0 Å². The molecule has 0 heterocycles. The summed E-state index contributed by atoms with van der Waals surface area (Å²) >= 11 is 0. The van der Waals surface area contributed by atoms with Gasteiger partial charge in [0.25, 0.3) is 0 Å². The van der Waals surface area contributed by atoms with E-state index in [2.05, 4.69) is 20.1 Å². The van der Waals surface area contributed by atoms with Gasteiger partial charge in [0.15, 0.2) is 0 Å². The molecule has 16 heavy (non-hydrogen) atoms. The van der Waals surface area contributed by atoms with Crippen LogP contribution >= 0.6 is 0 Å². The Labute approximate surface area is 101 Å². The molecule has 1 heteroatoms. The highest BCUT2D eigenvalue weighted by Crippen LogP contribution is 2.29. The Morgan fingerprint density at radius 3 is 1.81 bits per heavy atom. The molecule has 0 aliphatic heterocycles. The van der Waals surface area contributed by atoms with Crippen LogP contribution in [0.4, 0.5) is 0 Å². The van der Waals surface area contributed by atoms with Gasteiger partial charge in [-0.15, -0.1) is 0 Å². The van der Waals surface area contributed by atoms with Crippen molar-refractivity contribution in [2.24, 2.45) is 22.7 Å². The van der Waals surface area contributed by atoms with Crippen LogP contribution in [0, 0.1) is 17.8 Å². The molecule has 0 atom stereocenters. The van der Waals surface area contributed by atoms with E-state index in [1.165, 1.54) is 51.4 Å². The molecule has 0 radical (unpaired) electrons. The molecule has 2 aliphatic carbocycles. The average Bonchev–Trinajstić information content (AvgIpc) is 2.30. The van der Waals surface area contributed by atoms with Crippen LogP contribution in [0.25, 0.3) is 0 Å². The first-order valence-corrected chi connectivity index (χ1v) is 7.27. The molecule has 0 saturated heterocycles. The zero-order valence-electron chi connectivity index (χ0n) is 11.0. The van der Waals surface area contributed by atoms with E-state index in [0.717, 1.165) is 17.8 Å². The molecular weight excluding hydrogens is 194 g/mol. The molecule has 0 bridgehead atoms. The monoisotopic (exact) mass is 221 g/mol. The molecule has 0 N–H and O–H groups in total. The van der Waals surface area contributed by atoms with Crippen molar-refractivity contribution in [1.82, 2.24) is 0 Å². The Morgan fingerprint density at radius 1 is 0.750 bits per heavy atom. The smallest absolute Gasteiger partial charge is 0.0496 e. The molecule has 0 aromatic carbocycles. The van der Waals surface area contributed by atoms with Gasteiger partial charge in [-0.25, -0.2) is 0 Å². The van der Waals surface area contributed by atoms with Crippen molar-refractivity contribution in [2.45, 2.75) is 71.3 Å². The Morgan fingerprint density at radius 2 is 1.25 bits per heavy atom. The quantitative estimate of drug-likeness (QED) is 0.610.